The molecular weight excluding hydrogens is 516 g/mol. The van der Waals surface area contributed by atoms with Gasteiger partial charge >= 0.3 is 5.97 Å². The summed E-state index contributed by atoms with van der Waals surface area (Å²) in [6.07, 6.45) is 1.81. The van der Waals surface area contributed by atoms with Gasteiger partial charge in [0, 0.05) is 7.11 Å². The normalized spacial score (nSPS) is 15.3. The third kappa shape index (κ3) is 5.99. The number of nitrogens with zero attached hydrogens (tertiary/aromatic N) is 2. The first kappa shape index (κ1) is 28.3. The molecule has 0 aliphatic carbocycles. The van der Waals surface area contributed by atoms with Crippen molar-refractivity contribution in [3.05, 3.63) is 90.1 Å². The molecule has 1 unspecified atom stereocenters. The molecule has 0 fully saturated rings. The van der Waals surface area contributed by atoms with Crippen LogP contribution >= 0.6 is 11.3 Å². The summed E-state index contributed by atoms with van der Waals surface area (Å²) in [5.41, 5.74) is 3.39. The monoisotopic (exact) mass is 550 g/mol. The topological polar surface area (TPSA) is 88.4 Å². The fraction of sp³-hybridized carbons (Fsp3) is 0.367. The molecule has 9 heteroatoms. The summed E-state index contributed by atoms with van der Waals surface area (Å²) >= 11 is 1.28. The highest BCUT2D eigenvalue weighted by atomic mass is 32.1. The number of fused-ring (bicyclic) bond motifs is 1. The van der Waals surface area contributed by atoms with Crippen molar-refractivity contribution in [3.63, 3.8) is 0 Å². The Kier molecular flexibility index (Phi) is 9.04. The second kappa shape index (κ2) is 12.4. The largest absolute Gasteiger partial charge is 0.493 e. The summed E-state index contributed by atoms with van der Waals surface area (Å²) in [4.78, 5) is 32.3. The summed E-state index contributed by atoms with van der Waals surface area (Å²) in [6, 6.07) is 12.8. The smallest absolute Gasteiger partial charge is 0.338 e. The molecule has 0 N–H and O–H groups in total. The van der Waals surface area contributed by atoms with Crippen LogP contribution in [-0.2, 0) is 14.3 Å². The van der Waals surface area contributed by atoms with Gasteiger partial charge in [-0.15, -0.1) is 0 Å². The van der Waals surface area contributed by atoms with Crippen LogP contribution in [0.4, 0.5) is 0 Å². The Morgan fingerprint density at radius 3 is 2.49 bits per heavy atom. The fourth-order valence-electron chi connectivity index (χ4n) is 4.46. The molecule has 0 spiro atoms. The number of aromatic nitrogens is 1. The van der Waals surface area contributed by atoms with Crippen molar-refractivity contribution in [2.75, 3.05) is 34.0 Å². The highest BCUT2D eigenvalue weighted by Gasteiger charge is 2.33. The number of hydrogen-bond acceptors (Lipinski definition) is 8. The van der Waals surface area contributed by atoms with E-state index in [0.29, 0.717) is 44.6 Å². The lowest BCUT2D eigenvalue weighted by molar-refractivity contribution is -0.140. The first-order valence-corrected chi connectivity index (χ1v) is 13.7. The van der Waals surface area contributed by atoms with Gasteiger partial charge in [-0.3, -0.25) is 9.36 Å². The average molecular weight is 551 g/mol. The number of carbonyl (C=O) groups excluding carboxylic acids is 1. The molecule has 1 aromatic heterocycles. The maximum Gasteiger partial charge on any atom is 0.338 e. The van der Waals surface area contributed by atoms with Crippen molar-refractivity contribution < 1.29 is 23.7 Å². The highest BCUT2D eigenvalue weighted by Crippen LogP contribution is 2.32. The maximum atomic E-state index is 13.9. The van der Waals surface area contributed by atoms with E-state index in [-0.39, 0.29) is 18.8 Å². The molecule has 1 atom stereocenters. The first-order chi connectivity index (χ1) is 18.8. The minimum absolute atomic E-state index is 0.106. The summed E-state index contributed by atoms with van der Waals surface area (Å²) in [5.74, 6) is 1.05. The second-order valence-electron chi connectivity index (χ2n) is 9.38. The highest BCUT2D eigenvalue weighted by molar-refractivity contribution is 7.07. The Morgan fingerprint density at radius 2 is 1.85 bits per heavy atom. The van der Waals surface area contributed by atoms with Gasteiger partial charge in [-0.25, -0.2) is 9.79 Å². The van der Waals surface area contributed by atoms with Gasteiger partial charge in [0.05, 0.1) is 42.2 Å². The zero-order valence-corrected chi connectivity index (χ0v) is 24.0. The number of methoxy groups -OCH3 is 2. The van der Waals surface area contributed by atoms with Crippen LogP contribution in [0.3, 0.4) is 0 Å². The molecule has 3 aromatic rings. The Morgan fingerprint density at radius 1 is 1.10 bits per heavy atom. The molecular formula is C30H34N2O6S. The van der Waals surface area contributed by atoms with Gasteiger partial charge in [0.1, 0.15) is 6.61 Å². The Labute approximate surface area is 231 Å². The number of allylic oxidation sites excluding steroid dienone is 1. The number of rotatable bonds is 10. The molecule has 4 rings (SSSR count). The van der Waals surface area contributed by atoms with Crippen LogP contribution in [0.5, 0.6) is 11.5 Å². The van der Waals surface area contributed by atoms with Crippen LogP contribution in [0.25, 0.3) is 6.08 Å². The molecule has 0 bridgehead atoms. The SMILES string of the molecule is CCOc1cc(C=c2sc3n(c2=O)C(c2ccc(C(C)C)cc2)C(C(=O)OCCOC)=C(C)N=3)ccc1OC. The standard InChI is InChI=1S/C30H34N2O6S/c1-7-37-24-16-20(8-13-23(24)36-6)17-25-28(33)32-27(22-11-9-21(10-12-22)18(2)3)26(19(4)31-30(32)39-25)29(34)38-15-14-35-5/h8-13,16-18,27H,7,14-15H2,1-6H3. The number of ether oxygens (including phenoxy) is 4. The van der Waals surface area contributed by atoms with Crippen LogP contribution in [0.1, 0.15) is 56.3 Å². The molecule has 1 aliphatic heterocycles. The van der Waals surface area contributed by atoms with Crippen molar-refractivity contribution in [3.8, 4) is 11.5 Å². The quantitative estimate of drug-likeness (QED) is 0.281. The average Bonchev–Trinajstić information content (AvgIpc) is 3.22. The fourth-order valence-corrected chi connectivity index (χ4v) is 5.51. The second-order valence-corrected chi connectivity index (χ2v) is 10.4. The summed E-state index contributed by atoms with van der Waals surface area (Å²) in [7, 11) is 3.13. The van der Waals surface area contributed by atoms with Crippen molar-refractivity contribution >= 4 is 23.4 Å². The van der Waals surface area contributed by atoms with Crippen LogP contribution in [0, 0.1) is 0 Å². The molecule has 2 heterocycles. The van der Waals surface area contributed by atoms with Crippen molar-refractivity contribution in [1.82, 2.24) is 4.57 Å². The van der Waals surface area contributed by atoms with E-state index in [0.717, 1.165) is 11.1 Å². The van der Waals surface area contributed by atoms with Gasteiger partial charge in [-0.1, -0.05) is 55.5 Å². The predicted octanol–water partition coefficient (Wildman–Crippen LogP) is 3.96. The molecule has 0 saturated carbocycles. The summed E-state index contributed by atoms with van der Waals surface area (Å²) in [5, 5.41) is 0. The van der Waals surface area contributed by atoms with E-state index in [4.69, 9.17) is 18.9 Å². The Bertz CT molecular complexity index is 1550. The number of benzene rings is 2. The van der Waals surface area contributed by atoms with Gasteiger partial charge in [0.25, 0.3) is 5.56 Å². The zero-order chi connectivity index (χ0) is 28.1. The molecule has 1 aliphatic rings. The van der Waals surface area contributed by atoms with E-state index in [9.17, 15) is 9.59 Å². The number of carbonyl (C=O) groups is 1. The van der Waals surface area contributed by atoms with Gasteiger partial charge in [-0.05, 0) is 54.7 Å². The van der Waals surface area contributed by atoms with Crippen molar-refractivity contribution in [2.45, 2.75) is 39.7 Å². The lowest BCUT2D eigenvalue weighted by Gasteiger charge is -2.25. The van der Waals surface area contributed by atoms with E-state index in [1.807, 2.05) is 49.4 Å². The molecule has 8 nitrogen and oxygen atoms in total. The number of esters is 1. The minimum atomic E-state index is -0.672. The zero-order valence-electron chi connectivity index (χ0n) is 23.1. The first-order valence-electron chi connectivity index (χ1n) is 12.9. The van der Waals surface area contributed by atoms with Crippen LogP contribution in [0.2, 0.25) is 0 Å². The molecule has 206 valence electrons. The van der Waals surface area contributed by atoms with Gasteiger partial charge in [-0.2, -0.15) is 0 Å². The number of hydrogen-bond donors (Lipinski definition) is 0. The molecule has 0 amide bonds. The molecule has 0 saturated heterocycles. The van der Waals surface area contributed by atoms with Gasteiger partial charge in [0.2, 0.25) is 0 Å². The van der Waals surface area contributed by atoms with E-state index in [1.54, 1.807) is 31.8 Å². The van der Waals surface area contributed by atoms with E-state index in [2.05, 4.69) is 18.8 Å². The van der Waals surface area contributed by atoms with E-state index < -0.39 is 12.0 Å². The van der Waals surface area contributed by atoms with Crippen LogP contribution < -0.4 is 24.4 Å². The summed E-state index contributed by atoms with van der Waals surface area (Å²) in [6.45, 7) is 8.79. The minimum Gasteiger partial charge on any atom is -0.493 e. The van der Waals surface area contributed by atoms with Crippen LogP contribution in [0.15, 0.2) is 63.5 Å². The lowest BCUT2D eigenvalue weighted by atomic mass is 9.93. The lowest BCUT2D eigenvalue weighted by Crippen LogP contribution is -2.40. The predicted molar refractivity (Wildman–Crippen MR) is 151 cm³/mol. The Balaban J connectivity index is 1.86. The van der Waals surface area contributed by atoms with E-state index >= 15 is 0 Å². The van der Waals surface area contributed by atoms with Crippen molar-refractivity contribution in [1.29, 1.82) is 0 Å². The third-order valence-electron chi connectivity index (χ3n) is 6.47. The van der Waals surface area contributed by atoms with E-state index in [1.165, 1.54) is 16.9 Å². The maximum absolute atomic E-state index is 13.9. The third-order valence-corrected chi connectivity index (χ3v) is 7.45. The molecule has 2 aromatic carbocycles. The molecule has 39 heavy (non-hydrogen) atoms. The Hall–Kier alpha value is -3.69. The number of thiazole rings is 1. The van der Waals surface area contributed by atoms with Gasteiger partial charge < -0.3 is 18.9 Å². The van der Waals surface area contributed by atoms with Crippen LogP contribution in [-0.4, -0.2) is 44.6 Å². The van der Waals surface area contributed by atoms with Gasteiger partial charge in [0.15, 0.2) is 16.3 Å². The molecule has 0 radical (unpaired) electrons. The van der Waals surface area contributed by atoms with Crippen molar-refractivity contribution in [2.24, 2.45) is 4.99 Å². The summed E-state index contributed by atoms with van der Waals surface area (Å²) < 4.78 is 23.7.